The molecule has 5 heterocycles. The molecule has 1 amide bonds. The summed E-state index contributed by atoms with van der Waals surface area (Å²) in [5.74, 6) is -0.896. The first-order chi connectivity index (χ1) is 32.7. The van der Waals surface area contributed by atoms with Crippen LogP contribution in [0, 0.1) is 21.3 Å². The maximum atomic E-state index is 15.3. The standard InChI is InChI=1S/C50H55ClFN7O8S/c1-50(2)15-9-35(43(27-50)41-7-4-36(51)25-44(41)52)30-57-17-11-32(12-18-57)33-3-6-42(47(24-33)67-38-23-34-10-16-53-48(34)55-28-38)49(60)56-68(63,64)40-5-8-45(46(26-40)59(61)62)54-29-39-31-58(19-22-66-39)37-13-20-65-21-14-37/h3-8,10-11,16,23-26,28,37,39,54H,9,12-15,17-22,27,29-31H2,1-2H3,(H,53,55)(H,56,60). The Balaban J connectivity index is 0.924. The number of carbonyl (C=O) groups excluding carboxylic acids is 1. The minimum absolute atomic E-state index is 0.0411. The van der Waals surface area contributed by atoms with Crippen LogP contribution in [0.25, 0.3) is 22.2 Å². The van der Waals surface area contributed by atoms with Crippen molar-refractivity contribution in [2.45, 2.75) is 69.4 Å². The number of morpholine rings is 1. The number of allylic oxidation sites excluding steroid dienone is 1. The summed E-state index contributed by atoms with van der Waals surface area (Å²) in [4.78, 5) is 37.4. The van der Waals surface area contributed by atoms with Crippen LogP contribution < -0.4 is 14.8 Å². The molecule has 0 saturated carbocycles. The predicted octanol–water partition coefficient (Wildman–Crippen LogP) is 9.22. The van der Waals surface area contributed by atoms with E-state index in [9.17, 15) is 23.3 Å². The average Bonchev–Trinajstić information content (AvgIpc) is 3.80. The molecule has 5 aromatic rings. The normalized spacial score (nSPS) is 19.7. The average molecular weight is 969 g/mol. The van der Waals surface area contributed by atoms with Crippen molar-refractivity contribution < 1.29 is 36.7 Å². The number of sulfonamides is 1. The van der Waals surface area contributed by atoms with Crippen molar-refractivity contribution in [3.63, 3.8) is 0 Å². The molecule has 2 fully saturated rings. The monoisotopic (exact) mass is 967 g/mol. The number of aromatic amines is 1. The lowest BCUT2D eigenvalue weighted by Crippen LogP contribution is -2.51. The van der Waals surface area contributed by atoms with Gasteiger partial charge in [-0.15, -0.1) is 0 Å². The molecule has 18 heteroatoms. The molecule has 2 saturated heterocycles. The first-order valence-electron chi connectivity index (χ1n) is 23.0. The van der Waals surface area contributed by atoms with Gasteiger partial charge in [-0.1, -0.05) is 49.2 Å². The molecule has 0 radical (unpaired) electrons. The maximum absolute atomic E-state index is 15.3. The zero-order chi connectivity index (χ0) is 47.6. The van der Waals surface area contributed by atoms with Crippen LogP contribution in [0.15, 0.2) is 95.7 Å². The number of nitrogens with one attached hydrogen (secondary N) is 3. The first kappa shape index (κ1) is 47.4. The SMILES string of the molecule is CC1(C)CCC(CN2CC=C(c3ccc(C(=O)NS(=O)(=O)c4ccc(NCC5CN(C6CCOCC6)CCO5)c([N+](=O)[O-])c4)c(Oc4cnc5[nH]ccc5c4)c3)CC2)=C(c2ccc(Cl)cc2F)C1. The van der Waals surface area contributed by atoms with Gasteiger partial charge in [0.25, 0.3) is 21.6 Å². The Morgan fingerprint density at radius 1 is 1.06 bits per heavy atom. The van der Waals surface area contributed by atoms with Crippen molar-refractivity contribution in [2.24, 2.45) is 5.41 Å². The Kier molecular flexibility index (Phi) is 14.0. The van der Waals surface area contributed by atoms with Crippen LogP contribution in [0.5, 0.6) is 11.5 Å². The molecule has 1 atom stereocenters. The predicted molar refractivity (Wildman–Crippen MR) is 259 cm³/mol. The number of nitro benzene ring substituents is 1. The summed E-state index contributed by atoms with van der Waals surface area (Å²) in [6.07, 6.45) is 10.3. The van der Waals surface area contributed by atoms with Gasteiger partial charge in [0, 0.05) is 86.8 Å². The van der Waals surface area contributed by atoms with Crippen molar-refractivity contribution in [1.82, 2.24) is 24.5 Å². The van der Waals surface area contributed by atoms with Crippen molar-refractivity contribution in [1.29, 1.82) is 0 Å². The highest BCUT2D eigenvalue weighted by molar-refractivity contribution is 7.90. The number of ether oxygens (including phenoxy) is 3. The number of fused-ring (bicyclic) bond motifs is 1. The Hall–Kier alpha value is -5.69. The topological polar surface area (TPSA) is 181 Å². The van der Waals surface area contributed by atoms with Crippen molar-refractivity contribution >= 4 is 61.1 Å². The number of benzene rings is 3. The van der Waals surface area contributed by atoms with Gasteiger partial charge >= 0.3 is 0 Å². The number of nitrogens with zero attached hydrogens (tertiary/aromatic N) is 4. The van der Waals surface area contributed by atoms with E-state index in [1.807, 2.05) is 6.07 Å². The molecule has 3 aromatic carbocycles. The highest BCUT2D eigenvalue weighted by Gasteiger charge is 2.32. The molecule has 358 valence electrons. The number of carbonyl (C=O) groups is 1. The zero-order valence-corrected chi connectivity index (χ0v) is 39.6. The van der Waals surface area contributed by atoms with Crippen LogP contribution in [-0.4, -0.2) is 110 Å². The summed E-state index contributed by atoms with van der Waals surface area (Å²) in [6, 6.07) is 17.3. The van der Waals surface area contributed by atoms with E-state index in [1.54, 1.807) is 36.5 Å². The minimum Gasteiger partial charge on any atom is -0.455 e. The lowest BCUT2D eigenvalue weighted by molar-refractivity contribution is -0.384. The number of hydrogen-bond acceptors (Lipinski definition) is 12. The van der Waals surface area contributed by atoms with E-state index in [0.717, 1.165) is 73.4 Å². The van der Waals surface area contributed by atoms with Gasteiger partial charge < -0.3 is 24.5 Å². The number of anilines is 1. The molecular formula is C50H55ClFN7O8S. The number of hydrogen-bond donors (Lipinski definition) is 3. The van der Waals surface area contributed by atoms with E-state index >= 15 is 4.39 Å². The summed E-state index contributed by atoms with van der Waals surface area (Å²) in [6.45, 7) is 10.2. The lowest BCUT2D eigenvalue weighted by Gasteiger charge is -2.39. The fraction of sp³-hybridized carbons (Fsp3) is 0.400. The summed E-state index contributed by atoms with van der Waals surface area (Å²) >= 11 is 6.12. The van der Waals surface area contributed by atoms with E-state index in [4.69, 9.17) is 25.8 Å². The summed E-state index contributed by atoms with van der Waals surface area (Å²) in [5, 5.41) is 16.5. The van der Waals surface area contributed by atoms with Crippen LogP contribution in [0.2, 0.25) is 5.02 Å². The number of H-pyrrole nitrogens is 1. The molecule has 9 rings (SSSR count). The molecule has 0 spiro atoms. The third-order valence-electron chi connectivity index (χ3n) is 13.5. The Bertz CT molecular complexity index is 2900. The van der Waals surface area contributed by atoms with E-state index in [-0.39, 0.29) is 40.9 Å². The maximum Gasteiger partial charge on any atom is 0.293 e. The third kappa shape index (κ3) is 10.9. The van der Waals surface area contributed by atoms with Crippen molar-refractivity contribution in [2.75, 3.05) is 64.4 Å². The van der Waals surface area contributed by atoms with Gasteiger partial charge in [-0.05, 0) is 109 Å². The number of nitro groups is 1. The largest absolute Gasteiger partial charge is 0.455 e. The van der Waals surface area contributed by atoms with Crippen LogP contribution >= 0.6 is 11.6 Å². The Morgan fingerprint density at radius 2 is 1.90 bits per heavy atom. The number of halogens is 2. The molecule has 68 heavy (non-hydrogen) atoms. The van der Waals surface area contributed by atoms with E-state index < -0.39 is 31.4 Å². The second kappa shape index (κ2) is 20.1. The second-order valence-electron chi connectivity index (χ2n) is 18.7. The van der Waals surface area contributed by atoms with E-state index in [0.29, 0.717) is 73.9 Å². The lowest BCUT2D eigenvalue weighted by atomic mass is 9.72. The molecular weight excluding hydrogens is 913 g/mol. The number of rotatable bonds is 14. The summed E-state index contributed by atoms with van der Waals surface area (Å²) in [5.41, 5.74) is 4.93. The van der Waals surface area contributed by atoms with Crippen LogP contribution in [0.4, 0.5) is 15.8 Å². The third-order valence-corrected chi connectivity index (χ3v) is 15.0. The minimum atomic E-state index is -4.62. The fourth-order valence-corrected chi connectivity index (χ4v) is 10.8. The Labute approximate surface area is 399 Å². The van der Waals surface area contributed by atoms with Gasteiger partial charge in [0.15, 0.2) is 0 Å². The van der Waals surface area contributed by atoms with Crippen molar-refractivity contribution in [3.8, 4) is 11.5 Å². The second-order valence-corrected chi connectivity index (χ2v) is 20.9. The smallest absolute Gasteiger partial charge is 0.293 e. The Morgan fingerprint density at radius 3 is 2.68 bits per heavy atom. The summed E-state index contributed by atoms with van der Waals surface area (Å²) < 4.78 is 62.8. The molecule has 1 unspecified atom stereocenters. The molecule has 2 aromatic heterocycles. The zero-order valence-electron chi connectivity index (χ0n) is 38.1. The van der Waals surface area contributed by atoms with Gasteiger partial charge in [0.2, 0.25) is 0 Å². The van der Waals surface area contributed by atoms with E-state index in [1.165, 1.54) is 36.0 Å². The summed E-state index contributed by atoms with van der Waals surface area (Å²) in [7, 11) is -4.62. The number of aromatic nitrogens is 2. The highest BCUT2D eigenvalue weighted by atomic mass is 35.5. The molecule has 3 aliphatic heterocycles. The molecule has 0 bridgehead atoms. The first-order valence-corrected chi connectivity index (χ1v) is 24.9. The number of amides is 1. The van der Waals surface area contributed by atoms with Crippen molar-refractivity contribution in [3.05, 3.63) is 128 Å². The van der Waals surface area contributed by atoms with Crippen LogP contribution in [0.3, 0.4) is 0 Å². The van der Waals surface area contributed by atoms with Gasteiger partial charge in [0.05, 0.1) is 34.3 Å². The molecule has 3 N–H and O–H groups in total. The van der Waals surface area contributed by atoms with E-state index in [2.05, 4.69) is 49.7 Å². The highest BCUT2D eigenvalue weighted by Crippen LogP contribution is 2.44. The van der Waals surface area contributed by atoms with Gasteiger partial charge in [-0.2, -0.15) is 0 Å². The number of pyridine rings is 1. The molecule has 15 nitrogen and oxygen atoms in total. The van der Waals surface area contributed by atoms with Gasteiger partial charge in [0.1, 0.15) is 28.7 Å². The van der Waals surface area contributed by atoms with Crippen LogP contribution in [-0.2, 0) is 19.5 Å². The van der Waals surface area contributed by atoms with Gasteiger partial charge in [-0.3, -0.25) is 24.7 Å². The van der Waals surface area contributed by atoms with Gasteiger partial charge in [-0.25, -0.2) is 22.5 Å². The molecule has 1 aliphatic carbocycles. The fourth-order valence-electron chi connectivity index (χ4n) is 9.70. The van der Waals surface area contributed by atoms with Crippen LogP contribution in [0.1, 0.15) is 73.9 Å². The molecule has 4 aliphatic rings. The quantitative estimate of drug-likeness (QED) is 0.0710.